The van der Waals surface area contributed by atoms with Crippen LogP contribution in [0, 0.1) is 23.7 Å². The van der Waals surface area contributed by atoms with Crippen molar-refractivity contribution in [1.29, 1.82) is 0 Å². The molecular formula is C18H28O3. The Morgan fingerprint density at radius 2 is 1.71 bits per heavy atom. The van der Waals surface area contributed by atoms with E-state index in [1.54, 1.807) is 0 Å². The second-order valence-corrected chi connectivity index (χ2v) is 5.24. The largest absolute Gasteiger partial charge is 0.481 e. The average molecular weight is 292 g/mol. The van der Waals surface area contributed by atoms with Crippen molar-refractivity contribution in [2.24, 2.45) is 0 Å². The molecule has 0 aliphatic rings. The number of carboxylic acids is 1. The molecule has 0 heterocycles. The maximum Gasteiger partial charge on any atom is 0.303 e. The normalized spacial score (nSPS) is 11.0. The Morgan fingerprint density at radius 3 is 2.43 bits per heavy atom. The SMILES string of the molecule is CCCCCCC#CC#C[C@@H](O)CCCCCCC(=O)O. The zero-order chi connectivity index (χ0) is 15.8. The lowest BCUT2D eigenvalue weighted by Gasteiger charge is -2.02. The molecule has 0 bridgehead atoms. The van der Waals surface area contributed by atoms with Gasteiger partial charge in [-0.2, -0.15) is 0 Å². The monoisotopic (exact) mass is 292 g/mol. The standard InChI is InChI=1S/C18H28O3/c1-2-3-4-5-6-7-8-11-14-17(19)15-12-9-10-13-16-18(20)21/h17,19H,2-6,9-10,12-13,15-16H2,1H3,(H,20,21)/t17-/m1/s1. The number of aliphatic hydroxyl groups excluding tert-OH is 1. The first kappa shape index (κ1) is 19.6. The third-order valence-corrected chi connectivity index (χ3v) is 3.16. The van der Waals surface area contributed by atoms with Gasteiger partial charge in [-0.3, -0.25) is 4.79 Å². The Kier molecular flexibility index (Phi) is 13.9. The Labute approximate surface area is 129 Å². The van der Waals surface area contributed by atoms with Gasteiger partial charge in [-0.1, -0.05) is 50.9 Å². The number of unbranched alkanes of at least 4 members (excludes halogenated alkanes) is 7. The molecule has 0 aromatic heterocycles. The van der Waals surface area contributed by atoms with E-state index < -0.39 is 12.1 Å². The highest BCUT2D eigenvalue weighted by atomic mass is 16.4. The molecule has 0 rings (SSSR count). The van der Waals surface area contributed by atoms with Gasteiger partial charge in [-0.25, -0.2) is 0 Å². The highest BCUT2D eigenvalue weighted by Gasteiger charge is 2.00. The predicted octanol–water partition coefficient (Wildman–Crippen LogP) is 3.75. The topological polar surface area (TPSA) is 57.5 Å². The summed E-state index contributed by atoms with van der Waals surface area (Å²) >= 11 is 0. The molecule has 0 aromatic rings. The second kappa shape index (κ2) is 14.9. The van der Waals surface area contributed by atoms with E-state index in [0.29, 0.717) is 12.8 Å². The number of hydrogen-bond acceptors (Lipinski definition) is 2. The molecule has 0 spiro atoms. The maximum atomic E-state index is 10.3. The van der Waals surface area contributed by atoms with E-state index in [4.69, 9.17) is 5.11 Å². The molecule has 0 unspecified atom stereocenters. The summed E-state index contributed by atoms with van der Waals surface area (Å²) in [5.74, 6) is 10.5. The molecular weight excluding hydrogens is 264 g/mol. The predicted molar refractivity (Wildman–Crippen MR) is 85.7 cm³/mol. The highest BCUT2D eigenvalue weighted by Crippen LogP contribution is 2.07. The molecule has 0 fully saturated rings. The summed E-state index contributed by atoms with van der Waals surface area (Å²) in [5, 5.41) is 18.1. The minimum Gasteiger partial charge on any atom is -0.481 e. The van der Waals surface area contributed by atoms with Gasteiger partial charge >= 0.3 is 5.97 Å². The fraction of sp³-hybridized carbons (Fsp3) is 0.722. The summed E-state index contributed by atoms with van der Waals surface area (Å²) in [6, 6.07) is 0. The van der Waals surface area contributed by atoms with Gasteiger partial charge in [-0.15, -0.1) is 0 Å². The van der Waals surface area contributed by atoms with E-state index in [2.05, 4.69) is 30.6 Å². The van der Waals surface area contributed by atoms with Crippen molar-refractivity contribution in [2.45, 2.75) is 83.7 Å². The molecule has 118 valence electrons. The van der Waals surface area contributed by atoms with E-state index >= 15 is 0 Å². The van der Waals surface area contributed by atoms with Gasteiger partial charge in [0, 0.05) is 12.8 Å². The first-order valence-electron chi connectivity index (χ1n) is 8.05. The maximum absolute atomic E-state index is 10.3. The molecule has 0 saturated heterocycles. The lowest BCUT2D eigenvalue weighted by Crippen LogP contribution is -2.02. The molecule has 0 amide bonds. The van der Waals surface area contributed by atoms with Crippen molar-refractivity contribution in [3.63, 3.8) is 0 Å². The lowest BCUT2D eigenvalue weighted by atomic mass is 10.1. The fourth-order valence-electron chi connectivity index (χ4n) is 1.91. The van der Waals surface area contributed by atoms with Crippen LogP contribution in [-0.4, -0.2) is 22.3 Å². The summed E-state index contributed by atoms with van der Waals surface area (Å²) < 4.78 is 0. The molecule has 21 heavy (non-hydrogen) atoms. The Balaban J connectivity index is 3.52. The Bertz CT molecular complexity index is 379. The number of aliphatic hydroxyl groups is 1. The molecule has 3 nitrogen and oxygen atoms in total. The molecule has 2 N–H and O–H groups in total. The van der Waals surface area contributed by atoms with E-state index in [0.717, 1.165) is 32.1 Å². The van der Waals surface area contributed by atoms with Crippen LogP contribution in [0.4, 0.5) is 0 Å². The number of hydrogen-bond donors (Lipinski definition) is 2. The first-order valence-corrected chi connectivity index (χ1v) is 8.05. The molecule has 3 heteroatoms. The fourth-order valence-corrected chi connectivity index (χ4v) is 1.91. The van der Waals surface area contributed by atoms with Crippen LogP contribution >= 0.6 is 0 Å². The van der Waals surface area contributed by atoms with Gasteiger partial charge in [0.05, 0.1) is 0 Å². The number of aliphatic carboxylic acids is 1. The van der Waals surface area contributed by atoms with Gasteiger partial charge in [0.25, 0.3) is 0 Å². The van der Waals surface area contributed by atoms with Gasteiger partial charge in [-0.05, 0) is 37.5 Å². The van der Waals surface area contributed by atoms with E-state index in [1.807, 2.05) is 0 Å². The van der Waals surface area contributed by atoms with Crippen LogP contribution in [0.5, 0.6) is 0 Å². The van der Waals surface area contributed by atoms with Gasteiger partial charge in [0.1, 0.15) is 6.10 Å². The Morgan fingerprint density at radius 1 is 1.00 bits per heavy atom. The Hall–Kier alpha value is -1.45. The summed E-state index contributed by atoms with van der Waals surface area (Å²) in [4.78, 5) is 10.3. The third-order valence-electron chi connectivity index (χ3n) is 3.16. The molecule has 0 aliphatic heterocycles. The quantitative estimate of drug-likeness (QED) is 0.450. The van der Waals surface area contributed by atoms with Crippen molar-refractivity contribution in [1.82, 2.24) is 0 Å². The molecule has 1 atom stereocenters. The molecule has 0 aromatic carbocycles. The van der Waals surface area contributed by atoms with Crippen LogP contribution in [0.1, 0.15) is 77.6 Å². The van der Waals surface area contributed by atoms with Crippen molar-refractivity contribution >= 4 is 5.97 Å². The van der Waals surface area contributed by atoms with Crippen molar-refractivity contribution in [3.05, 3.63) is 0 Å². The van der Waals surface area contributed by atoms with E-state index in [-0.39, 0.29) is 6.42 Å². The zero-order valence-electron chi connectivity index (χ0n) is 13.2. The zero-order valence-corrected chi connectivity index (χ0v) is 13.2. The van der Waals surface area contributed by atoms with Crippen LogP contribution in [0.15, 0.2) is 0 Å². The van der Waals surface area contributed by atoms with Crippen molar-refractivity contribution < 1.29 is 15.0 Å². The first-order chi connectivity index (χ1) is 10.2. The van der Waals surface area contributed by atoms with Gasteiger partial charge < -0.3 is 10.2 Å². The molecule has 0 saturated carbocycles. The number of carboxylic acid groups (broad SMARTS) is 1. The number of rotatable bonds is 11. The summed E-state index contributed by atoms with van der Waals surface area (Å²) in [5.41, 5.74) is 0. The van der Waals surface area contributed by atoms with Crippen molar-refractivity contribution in [3.8, 4) is 23.7 Å². The smallest absolute Gasteiger partial charge is 0.303 e. The van der Waals surface area contributed by atoms with Crippen LogP contribution < -0.4 is 0 Å². The highest BCUT2D eigenvalue weighted by molar-refractivity contribution is 5.66. The minimum atomic E-state index is -0.742. The summed E-state index contributed by atoms with van der Waals surface area (Å²) in [6.45, 7) is 2.19. The van der Waals surface area contributed by atoms with Crippen LogP contribution in [0.2, 0.25) is 0 Å². The van der Waals surface area contributed by atoms with Gasteiger partial charge in [0.15, 0.2) is 0 Å². The second-order valence-electron chi connectivity index (χ2n) is 5.24. The minimum absolute atomic E-state index is 0.232. The van der Waals surface area contributed by atoms with E-state index in [9.17, 15) is 9.90 Å². The summed E-state index contributed by atoms with van der Waals surface area (Å²) in [6.07, 6.45) is 9.40. The molecule has 0 radical (unpaired) electrons. The van der Waals surface area contributed by atoms with Crippen molar-refractivity contribution in [2.75, 3.05) is 0 Å². The van der Waals surface area contributed by atoms with E-state index in [1.165, 1.54) is 19.3 Å². The van der Waals surface area contributed by atoms with Gasteiger partial charge in [0.2, 0.25) is 0 Å². The van der Waals surface area contributed by atoms with Crippen LogP contribution in [0.25, 0.3) is 0 Å². The molecule has 0 aliphatic carbocycles. The lowest BCUT2D eigenvalue weighted by molar-refractivity contribution is -0.137. The van der Waals surface area contributed by atoms with Crippen LogP contribution in [0.3, 0.4) is 0 Å². The average Bonchev–Trinajstić information content (AvgIpc) is 2.45. The van der Waals surface area contributed by atoms with Crippen LogP contribution in [-0.2, 0) is 4.79 Å². The number of carbonyl (C=O) groups is 1. The summed E-state index contributed by atoms with van der Waals surface area (Å²) in [7, 11) is 0. The third kappa shape index (κ3) is 16.5.